The standard InChI is InChI=1S/C18H27N5O/c1-11(2)19-21-16-10-13-14(20-22-16)9-12-7-6-8-15(13)23(12)17(24)18(3,4)5/h10,12,15H,6-9H2,1-5H3,(H,21,22). The number of fused-ring (bicyclic) bond motifs is 4. The third kappa shape index (κ3) is 3.14. The topological polar surface area (TPSA) is 70.5 Å². The maximum Gasteiger partial charge on any atom is 0.228 e. The average Bonchev–Trinajstić information content (AvgIpc) is 2.51. The highest BCUT2D eigenvalue weighted by Crippen LogP contribution is 2.43. The van der Waals surface area contributed by atoms with Gasteiger partial charge in [0.05, 0.1) is 11.7 Å². The minimum Gasteiger partial charge on any atom is -0.332 e. The third-order valence-corrected chi connectivity index (χ3v) is 4.71. The van der Waals surface area contributed by atoms with E-state index >= 15 is 0 Å². The highest BCUT2D eigenvalue weighted by molar-refractivity contribution is 5.83. The van der Waals surface area contributed by atoms with Crippen molar-refractivity contribution < 1.29 is 4.79 Å². The molecular formula is C18H27N5O. The van der Waals surface area contributed by atoms with E-state index in [1.807, 2.05) is 40.7 Å². The van der Waals surface area contributed by atoms with Crippen LogP contribution in [-0.4, -0.2) is 32.8 Å². The zero-order valence-electron chi connectivity index (χ0n) is 15.3. The Morgan fingerprint density at radius 2 is 2.04 bits per heavy atom. The molecule has 1 aromatic heterocycles. The Hall–Kier alpha value is -1.98. The lowest BCUT2D eigenvalue weighted by Crippen LogP contribution is -2.53. The van der Waals surface area contributed by atoms with E-state index in [1.165, 1.54) is 0 Å². The number of carbonyl (C=O) groups is 1. The van der Waals surface area contributed by atoms with Gasteiger partial charge >= 0.3 is 0 Å². The van der Waals surface area contributed by atoms with Gasteiger partial charge in [0.2, 0.25) is 5.91 Å². The molecule has 130 valence electrons. The first-order valence-electron chi connectivity index (χ1n) is 8.73. The summed E-state index contributed by atoms with van der Waals surface area (Å²) < 4.78 is 0. The van der Waals surface area contributed by atoms with Gasteiger partial charge in [-0.1, -0.05) is 20.8 Å². The predicted molar refractivity (Wildman–Crippen MR) is 94.8 cm³/mol. The maximum absolute atomic E-state index is 13.0. The number of amides is 1. The van der Waals surface area contributed by atoms with E-state index in [4.69, 9.17) is 0 Å². The second-order valence-electron chi connectivity index (χ2n) is 8.07. The Morgan fingerprint density at radius 1 is 1.29 bits per heavy atom. The van der Waals surface area contributed by atoms with Crippen LogP contribution in [0.25, 0.3) is 0 Å². The summed E-state index contributed by atoms with van der Waals surface area (Å²) in [6.07, 6.45) is 4.00. The molecule has 3 heterocycles. The van der Waals surface area contributed by atoms with Crippen molar-refractivity contribution in [2.75, 3.05) is 5.43 Å². The Bertz CT molecular complexity index is 672. The number of hydrazone groups is 1. The van der Waals surface area contributed by atoms with Crippen molar-refractivity contribution in [1.29, 1.82) is 0 Å². The van der Waals surface area contributed by atoms with Crippen LogP contribution in [0.1, 0.15) is 71.2 Å². The molecule has 2 aliphatic rings. The van der Waals surface area contributed by atoms with Gasteiger partial charge in [0.15, 0.2) is 5.82 Å². The summed E-state index contributed by atoms with van der Waals surface area (Å²) >= 11 is 0. The van der Waals surface area contributed by atoms with Gasteiger partial charge in [-0.15, -0.1) is 5.10 Å². The molecule has 24 heavy (non-hydrogen) atoms. The van der Waals surface area contributed by atoms with Crippen LogP contribution in [0.15, 0.2) is 11.2 Å². The Balaban J connectivity index is 1.96. The first-order valence-corrected chi connectivity index (χ1v) is 8.73. The predicted octanol–water partition coefficient (Wildman–Crippen LogP) is 3.31. The molecule has 0 spiro atoms. The number of carbonyl (C=O) groups excluding carboxylic acids is 1. The quantitative estimate of drug-likeness (QED) is 0.667. The van der Waals surface area contributed by atoms with Crippen LogP contribution in [0.2, 0.25) is 0 Å². The second kappa shape index (κ2) is 6.15. The Morgan fingerprint density at radius 3 is 2.71 bits per heavy atom. The monoisotopic (exact) mass is 329 g/mol. The molecule has 0 aliphatic carbocycles. The van der Waals surface area contributed by atoms with Crippen LogP contribution >= 0.6 is 0 Å². The van der Waals surface area contributed by atoms with Gasteiger partial charge in [0, 0.05) is 29.2 Å². The summed E-state index contributed by atoms with van der Waals surface area (Å²) in [7, 11) is 0. The van der Waals surface area contributed by atoms with Crippen LogP contribution in [0.3, 0.4) is 0 Å². The van der Waals surface area contributed by atoms with E-state index in [2.05, 4.69) is 25.6 Å². The SMILES string of the molecule is CC(C)=NNc1cc2c(nn1)CC1CCCC2N1C(=O)C(C)(C)C. The Labute approximate surface area is 143 Å². The largest absolute Gasteiger partial charge is 0.332 e. The average molecular weight is 329 g/mol. The molecule has 0 aromatic carbocycles. The normalized spacial score (nSPS) is 22.6. The molecule has 0 radical (unpaired) electrons. The number of rotatable bonds is 2. The van der Waals surface area contributed by atoms with E-state index in [0.717, 1.165) is 42.7 Å². The van der Waals surface area contributed by atoms with Gasteiger partial charge in [-0.05, 0) is 39.2 Å². The molecule has 1 amide bonds. The Kier molecular flexibility index (Phi) is 4.32. The van der Waals surface area contributed by atoms with Gasteiger partial charge in [-0.3, -0.25) is 10.2 Å². The molecule has 6 heteroatoms. The molecule has 0 saturated carbocycles. The second-order valence-corrected chi connectivity index (χ2v) is 8.07. The zero-order chi connectivity index (χ0) is 17.5. The fourth-order valence-corrected chi connectivity index (χ4v) is 3.61. The summed E-state index contributed by atoms with van der Waals surface area (Å²) in [5.41, 5.74) is 5.68. The van der Waals surface area contributed by atoms with Gasteiger partial charge in [-0.2, -0.15) is 10.2 Å². The molecule has 1 saturated heterocycles. The van der Waals surface area contributed by atoms with E-state index in [-0.39, 0.29) is 23.4 Å². The van der Waals surface area contributed by atoms with Crippen molar-refractivity contribution in [3.63, 3.8) is 0 Å². The van der Waals surface area contributed by atoms with Crippen LogP contribution in [-0.2, 0) is 11.2 Å². The molecule has 2 bridgehead atoms. The fourth-order valence-electron chi connectivity index (χ4n) is 3.61. The summed E-state index contributed by atoms with van der Waals surface area (Å²) in [5, 5.41) is 12.9. The third-order valence-electron chi connectivity index (χ3n) is 4.71. The number of hydrogen-bond acceptors (Lipinski definition) is 5. The molecule has 2 atom stereocenters. The summed E-state index contributed by atoms with van der Waals surface area (Å²) in [5.74, 6) is 0.874. The van der Waals surface area contributed by atoms with E-state index in [9.17, 15) is 4.79 Å². The number of piperidine rings is 1. The highest BCUT2D eigenvalue weighted by Gasteiger charge is 2.43. The van der Waals surface area contributed by atoms with Crippen LogP contribution in [0.5, 0.6) is 0 Å². The molecule has 1 N–H and O–H groups in total. The zero-order valence-corrected chi connectivity index (χ0v) is 15.3. The number of anilines is 1. The summed E-state index contributed by atoms with van der Waals surface area (Å²) in [6, 6.07) is 2.39. The van der Waals surface area contributed by atoms with Gasteiger partial charge in [0.25, 0.3) is 0 Å². The van der Waals surface area contributed by atoms with Gasteiger partial charge in [-0.25, -0.2) is 0 Å². The smallest absolute Gasteiger partial charge is 0.228 e. The van der Waals surface area contributed by atoms with Crippen LogP contribution in [0, 0.1) is 5.41 Å². The maximum atomic E-state index is 13.0. The van der Waals surface area contributed by atoms with Crippen LogP contribution < -0.4 is 5.43 Å². The number of hydrogen-bond donors (Lipinski definition) is 1. The summed E-state index contributed by atoms with van der Waals surface area (Å²) in [4.78, 5) is 15.1. The van der Waals surface area contributed by atoms with Crippen molar-refractivity contribution >= 4 is 17.4 Å². The van der Waals surface area contributed by atoms with Crippen molar-refractivity contribution in [2.45, 2.75) is 72.4 Å². The van der Waals surface area contributed by atoms with Crippen molar-refractivity contribution in [3.8, 4) is 0 Å². The van der Waals surface area contributed by atoms with Crippen molar-refractivity contribution in [1.82, 2.24) is 15.1 Å². The molecule has 2 unspecified atom stereocenters. The van der Waals surface area contributed by atoms with Crippen LogP contribution in [0.4, 0.5) is 5.82 Å². The first kappa shape index (κ1) is 16.9. The van der Waals surface area contributed by atoms with Crippen molar-refractivity contribution in [3.05, 3.63) is 17.3 Å². The molecule has 1 aromatic rings. The first-order chi connectivity index (χ1) is 11.3. The summed E-state index contributed by atoms with van der Waals surface area (Å²) in [6.45, 7) is 9.84. The molecule has 3 rings (SSSR count). The lowest BCUT2D eigenvalue weighted by atomic mass is 9.80. The van der Waals surface area contributed by atoms with Gasteiger partial charge < -0.3 is 4.90 Å². The van der Waals surface area contributed by atoms with E-state index in [0.29, 0.717) is 5.82 Å². The minimum atomic E-state index is -0.365. The molecular weight excluding hydrogens is 302 g/mol. The van der Waals surface area contributed by atoms with E-state index < -0.39 is 0 Å². The molecule has 1 fully saturated rings. The minimum absolute atomic E-state index is 0.113. The lowest BCUT2D eigenvalue weighted by Gasteiger charge is -2.48. The fraction of sp³-hybridized carbons (Fsp3) is 0.667. The van der Waals surface area contributed by atoms with Crippen molar-refractivity contribution in [2.24, 2.45) is 10.5 Å². The van der Waals surface area contributed by atoms with E-state index in [1.54, 1.807) is 0 Å². The number of nitrogens with one attached hydrogen (secondary N) is 1. The number of aromatic nitrogens is 2. The molecule has 2 aliphatic heterocycles. The number of nitrogens with zero attached hydrogens (tertiary/aromatic N) is 4. The lowest BCUT2D eigenvalue weighted by molar-refractivity contribution is -0.148. The van der Waals surface area contributed by atoms with Gasteiger partial charge in [0.1, 0.15) is 0 Å². The highest BCUT2D eigenvalue weighted by atomic mass is 16.2. The molecule has 6 nitrogen and oxygen atoms in total.